The van der Waals surface area contributed by atoms with Crippen molar-refractivity contribution < 1.29 is 0 Å². The van der Waals surface area contributed by atoms with Crippen LogP contribution in [0.25, 0.3) is 0 Å². The Morgan fingerprint density at radius 3 is 2.83 bits per heavy atom. The average Bonchev–Trinajstić information content (AvgIpc) is 1.86. The second-order valence-corrected chi connectivity index (χ2v) is 1.36. The molecule has 1 radical (unpaired) electrons. The Morgan fingerprint density at radius 1 is 1.83 bits per heavy atom. The molecule has 0 saturated carbocycles. The maximum Gasteiger partial charge on any atom is 0.0445 e. The molecule has 0 saturated heterocycles. The lowest BCUT2D eigenvalue weighted by molar-refractivity contribution is 0.887. The van der Waals surface area contributed by atoms with Crippen LogP contribution in [0.3, 0.4) is 0 Å². The zero-order chi connectivity index (χ0) is 4.41. The Labute approximate surface area is 37.0 Å². The standard InChI is InChI=1S/C4H7N2/c5-4-1-2-6-3-4/h3H,1-2,5H2. The van der Waals surface area contributed by atoms with E-state index in [0.29, 0.717) is 0 Å². The number of hydrogen-bond donors (Lipinski definition) is 1. The number of rotatable bonds is 0. The van der Waals surface area contributed by atoms with E-state index in [4.69, 9.17) is 5.73 Å². The van der Waals surface area contributed by atoms with Gasteiger partial charge in [0.1, 0.15) is 0 Å². The molecule has 6 heavy (non-hydrogen) atoms. The molecule has 33 valence electrons. The third-order valence-electron chi connectivity index (χ3n) is 0.787. The van der Waals surface area contributed by atoms with Crippen LogP contribution in [0.2, 0.25) is 0 Å². The van der Waals surface area contributed by atoms with E-state index in [1.807, 2.05) is 0 Å². The van der Waals surface area contributed by atoms with Crippen molar-refractivity contribution in [2.45, 2.75) is 6.42 Å². The van der Waals surface area contributed by atoms with Gasteiger partial charge >= 0.3 is 0 Å². The Hall–Kier alpha value is -0.660. The SMILES string of the molecule is NC1=C[N]CC1. The summed E-state index contributed by atoms with van der Waals surface area (Å²) < 4.78 is 0. The Bertz CT molecular complexity index is 75.6. The minimum Gasteiger partial charge on any atom is -0.401 e. The molecule has 0 aromatic heterocycles. The first-order chi connectivity index (χ1) is 2.89. The van der Waals surface area contributed by atoms with Crippen molar-refractivity contribution in [3.05, 3.63) is 11.9 Å². The topological polar surface area (TPSA) is 40.1 Å². The summed E-state index contributed by atoms with van der Waals surface area (Å²) in [6, 6.07) is 0. The highest BCUT2D eigenvalue weighted by molar-refractivity contribution is 5.00. The molecule has 1 heterocycles. The summed E-state index contributed by atoms with van der Waals surface area (Å²) in [6.07, 6.45) is 2.68. The van der Waals surface area contributed by atoms with E-state index < -0.39 is 0 Å². The maximum absolute atomic E-state index is 5.30. The third-order valence-corrected chi connectivity index (χ3v) is 0.787. The van der Waals surface area contributed by atoms with Gasteiger partial charge in [-0.1, -0.05) is 0 Å². The highest BCUT2D eigenvalue weighted by Crippen LogP contribution is 1.95. The lowest BCUT2D eigenvalue weighted by Gasteiger charge is -1.78. The fourth-order valence-electron chi connectivity index (χ4n) is 0.440. The maximum atomic E-state index is 5.30. The lowest BCUT2D eigenvalue weighted by Crippen LogP contribution is -1.91. The van der Waals surface area contributed by atoms with Crippen LogP contribution in [0.15, 0.2) is 11.9 Å². The lowest BCUT2D eigenvalue weighted by atomic mass is 10.4. The van der Waals surface area contributed by atoms with Crippen LogP contribution in [-0.4, -0.2) is 6.54 Å². The molecule has 2 N–H and O–H groups in total. The molecule has 0 bridgehead atoms. The molecule has 1 aliphatic heterocycles. The molecule has 1 rings (SSSR count). The summed E-state index contributed by atoms with van der Waals surface area (Å²) in [5.74, 6) is 0. The van der Waals surface area contributed by atoms with Crippen molar-refractivity contribution in [1.82, 2.24) is 5.32 Å². The Morgan fingerprint density at radius 2 is 2.67 bits per heavy atom. The molecular formula is C4H7N2. The van der Waals surface area contributed by atoms with Crippen molar-refractivity contribution >= 4 is 0 Å². The summed E-state index contributed by atoms with van der Waals surface area (Å²) in [5.41, 5.74) is 6.21. The van der Waals surface area contributed by atoms with Crippen LogP contribution >= 0.6 is 0 Å². The molecular weight excluding hydrogens is 76.1 g/mol. The van der Waals surface area contributed by atoms with Gasteiger partial charge in [-0.05, 0) is 0 Å². The molecule has 0 unspecified atom stereocenters. The van der Waals surface area contributed by atoms with Crippen LogP contribution in [0, 0.1) is 0 Å². The van der Waals surface area contributed by atoms with Crippen molar-refractivity contribution in [3.63, 3.8) is 0 Å². The zero-order valence-electron chi connectivity index (χ0n) is 3.52. The van der Waals surface area contributed by atoms with E-state index in [2.05, 4.69) is 5.32 Å². The van der Waals surface area contributed by atoms with Crippen molar-refractivity contribution in [3.8, 4) is 0 Å². The largest absolute Gasteiger partial charge is 0.401 e. The van der Waals surface area contributed by atoms with Gasteiger partial charge in [0.15, 0.2) is 0 Å². The first kappa shape index (κ1) is 3.53. The van der Waals surface area contributed by atoms with Gasteiger partial charge in [0.2, 0.25) is 0 Å². The summed E-state index contributed by atoms with van der Waals surface area (Å²) in [4.78, 5) is 0. The predicted octanol–water partition coefficient (Wildman–Crippen LogP) is -0.205. The van der Waals surface area contributed by atoms with Gasteiger partial charge in [-0.25, -0.2) is 0 Å². The fraction of sp³-hybridized carbons (Fsp3) is 0.500. The number of nitrogens with two attached hydrogens (primary N) is 1. The van der Waals surface area contributed by atoms with E-state index in [9.17, 15) is 0 Å². The first-order valence-electron chi connectivity index (χ1n) is 2.01. The van der Waals surface area contributed by atoms with Gasteiger partial charge in [-0.15, -0.1) is 0 Å². The van der Waals surface area contributed by atoms with Crippen LogP contribution < -0.4 is 11.1 Å². The van der Waals surface area contributed by atoms with E-state index >= 15 is 0 Å². The van der Waals surface area contributed by atoms with Gasteiger partial charge in [0.05, 0.1) is 0 Å². The van der Waals surface area contributed by atoms with Gasteiger partial charge < -0.3 is 5.73 Å². The van der Waals surface area contributed by atoms with Crippen LogP contribution in [0.1, 0.15) is 6.42 Å². The molecule has 0 fully saturated rings. The molecule has 2 heteroatoms. The third kappa shape index (κ3) is 0.455. The summed E-state index contributed by atoms with van der Waals surface area (Å²) in [6.45, 7) is 0.895. The van der Waals surface area contributed by atoms with E-state index in [1.165, 1.54) is 0 Å². The molecule has 0 amide bonds. The first-order valence-corrected chi connectivity index (χ1v) is 2.01. The highest BCUT2D eigenvalue weighted by Gasteiger charge is 1.96. The minimum absolute atomic E-state index is 0.895. The van der Waals surface area contributed by atoms with E-state index in [1.54, 1.807) is 6.20 Å². The van der Waals surface area contributed by atoms with Crippen LogP contribution in [0.4, 0.5) is 0 Å². The Balaban J connectivity index is 2.45. The van der Waals surface area contributed by atoms with Gasteiger partial charge in [-0.3, -0.25) is 5.32 Å². The molecule has 2 nitrogen and oxygen atoms in total. The molecule has 0 spiro atoms. The highest BCUT2D eigenvalue weighted by atomic mass is 14.9. The smallest absolute Gasteiger partial charge is 0.0445 e. The van der Waals surface area contributed by atoms with Crippen molar-refractivity contribution in [2.75, 3.05) is 6.54 Å². The van der Waals surface area contributed by atoms with E-state index in [0.717, 1.165) is 18.7 Å². The fourth-order valence-corrected chi connectivity index (χ4v) is 0.440. The van der Waals surface area contributed by atoms with Gasteiger partial charge in [-0.2, -0.15) is 0 Å². The molecule has 1 aliphatic rings. The predicted molar refractivity (Wildman–Crippen MR) is 23.9 cm³/mol. The Kier molecular flexibility index (Phi) is 0.708. The quantitative estimate of drug-likeness (QED) is 0.432. The molecule has 0 aromatic carbocycles. The van der Waals surface area contributed by atoms with Crippen LogP contribution in [0.5, 0.6) is 0 Å². The van der Waals surface area contributed by atoms with E-state index in [-0.39, 0.29) is 0 Å². The average molecular weight is 83.1 g/mol. The second-order valence-electron chi connectivity index (χ2n) is 1.36. The molecule has 0 aliphatic carbocycles. The minimum atomic E-state index is 0.895. The van der Waals surface area contributed by atoms with Gasteiger partial charge in [0, 0.05) is 24.9 Å². The number of nitrogens with zero attached hydrogens (tertiary/aromatic N) is 1. The molecule has 0 aromatic rings. The van der Waals surface area contributed by atoms with Crippen molar-refractivity contribution in [2.24, 2.45) is 5.73 Å². The number of hydrogen-bond acceptors (Lipinski definition) is 1. The second kappa shape index (κ2) is 1.20. The van der Waals surface area contributed by atoms with Crippen molar-refractivity contribution in [1.29, 1.82) is 0 Å². The van der Waals surface area contributed by atoms with Crippen LogP contribution in [-0.2, 0) is 0 Å². The zero-order valence-corrected chi connectivity index (χ0v) is 3.52. The molecule has 0 atom stereocenters. The van der Waals surface area contributed by atoms with Gasteiger partial charge in [0.25, 0.3) is 0 Å². The summed E-state index contributed by atoms with van der Waals surface area (Å²) in [7, 11) is 0. The normalized spacial score (nSPS) is 19.7. The summed E-state index contributed by atoms with van der Waals surface area (Å²) in [5, 5.41) is 3.88. The summed E-state index contributed by atoms with van der Waals surface area (Å²) >= 11 is 0. The monoisotopic (exact) mass is 83.1 g/mol.